The molecule has 4 N–H and O–H groups in total. The average molecular weight is 240 g/mol. The molecule has 1 rings (SSSR count). The zero-order chi connectivity index (χ0) is 12.5. The third kappa shape index (κ3) is 2.60. The molecule has 7 heteroatoms. The van der Waals surface area contributed by atoms with Crippen LogP contribution < -0.4 is 11.5 Å². The normalized spacial score (nSPS) is 13.9. The fourth-order valence-electron chi connectivity index (χ4n) is 1.15. The molecular formula is C9H9F5N2. The topological polar surface area (TPSA) is 52.0 Å². The molecule has 0 aromatic heterocycles. The summed E-state index contributed by atoms with van der Waals surface area (Å²) >= 11 is 0. The summed E-state index contributed by atoms with van der Waals surface area (Å²) in [5, 5.41) is 0. The first-order valence-corrected chi connectivity index (χ1v) is 4.28. The van der Waals surface area contributed by atoms with E-state index in [1.165, 1.54) is 0 Å². The Kier molecular flexibility index (Phi) is 3.37. The summed E-state index contributed by atoms with van der Waals surface area (Å²) < 4.78 is 62.2. The molecule has 0 fully saturated rings. The van der Waals surface area contributed by atoms with Crippen LogP contribution in [0.15, 0.2) is 12.1 Å². The Hall–Kier alpha value is -1.37. The number of nitrogens with two attached hydrogens (primary N) is 2. The molecule has 1 atom stereocenters. The van der Waals surface area contributed by atoms with E-state index >= 15 is 0 Å². The number of alkyl halides is 3. The van der Waals surface area contributed by atoms with Crippen molar-refractivity contribution in [3.63, 3.8) is 0 Å². The van der Waals surface area contributed by atoms with Crippen molar-refractivity contribution in [2.75, 3.05) is 5.73 Å². The van der Waals surface area contributed by atoms with Crippen LogP contribution in [0.25, 0.3) is 0 Å². The van der Waals surface area contributed by atoms with E-state index in [-0.39, 0.29) is 5.69 Å². The lowest BCUT2D eigenvalue weighted by Crippen LogP contribution is -2.39. The van der Waals surface area contributed by atoms with Crippen LogP contribution in [0, 0.1) is 11.6 Å². The first kappa shape index (κ1) is 12.7. The SMILES string of the molecule is Nc1ccc(F)c(F)c1CC(N)C(F)(F)F. The number of nitrogen functional groups attached to an aromatic ring is 1. The fraction of sp³-hybridized carbons (Fsp3) is 0.333. The number of rotatable bonds is 2. The molecular weight excluding hydrogens is 231 g/mol. The van der Waals surface area contributed by atoms with E-state index in [0.717, 1.165) is 12.1 Å². The maximum absolute atomic E-state index is 13.1. The molecule has 0 radical (unpaired) electrons. The lowest BCUT2D eigenvalue weighted by molar-refractivity contribution is -0.147. The van der Waals surface area contributed by atoms with Crippen molar-refractivity contribution in [3.05, 3.63) is 29.3 Å². The summed E-state index contributed by atoms with van der Waals surface area (Å²) in [6.45, 7) is 0. The zero-order valence-electron chi connectivity index (χ0n) is 7.98. The summed E-state index contributed by atoms with van der Waals surface area (Å²) in [7, 11) is 0. The van der Waals surface area contributed by atoms with E-state index < -0.39 is 35.8 Å². The molecule has 0 saturated carbocycles. The first-order chi connectivity index (χ1) is 7.23. The average Bonchev–Trinajstić information content (AvgIpc) is 2.17. The van der Waals surface area contributed by atoms with Gasteiger partial charge in [-0.1, -0.05) is 0 Å². The van der Waals surface area contributed by atoms with Gasteiger partial charge in [-0.2, -0.15) is 13.2 Å². The second-order valence-electron chi connectivity index (χ2n) is 3.28. The number of hydrogen-bond acceptors (Lipinski definition) is 2. The second kappa shape index (κ2) is 4.25. The standard InChI is InChI=1S/C9H9F5N2/c10-5-1-2-6(15)4(8(5)11)3-7(16)9(12,13)14/h1-2,7H,3,15-16H2. The van der Waals surface area contributed by atoms with Crippen LogP contribution >= 0.6 is 0 Å². The van der Waals surface area contributed by atoms with Crippen LogP contribution in [0.5, 0.6) is 0 Å². The number of hydrogen-bond donors (Lipinski definition) is 2. The molecule has 2 nitrogen and oxygen atoms in total. The third-order valence-corrected chi connectivity index (χ3v) is 2.08. The molecule has 90 valence electrons. The van der Waals surface area contributed by atoms with Crippen LogP contribution in [0.1, 0.15) is 5.56 Å². The number of halogens is 5. The van der Waals surface area contributed by atoms with Crippen molar-refractivity contribution in [3.8, 4) is 0 Å². The van der Waals surface area contributed by atoms with Crippen molar-refractivity contribution >= 4 is 5.69 Å². The minimum Gasteiger partial charge on any atom is -0.398 e. The molecule has 1 unspecified atom stereocenters. The Balaban J connectivity index is 3.02. The van der Waals surface area contributed by atoms with E-state index in [1.807, 2.05) is 0 Å². The van der Waals surface area contributed by atoms with Crippen LogP contribution in [0.3, 0.4) is 0 Å². The summed E-state index contributed by atoms with van der Waals surface area (Å²) in [4.78, 5) is 0. The van der Waals surface area contributed by atoms with Gasteiger partial charge in [-0.25, -0.2) is 8.78 Å². The summed E-state index contributed by atoms with van der Waals surface area (Å²) in [5.41, 5.74) is 9.25. The summed E-state index contributed by atoms with van der Waals surface area (Å²) in [6.07, 6.45) is -5.57. The van der Waals surface area contributed by atoms with E-state index in [4.69, 9.17) is 11.5 Å². The molecule has 0 aliphatic heterocycles. The molecule has 0 bridgehead atoms. The largest absolute Gasteiger partial charge is 0.403 e. The van der Waals surface area contributed by atoms with Crippen LogP contribution in [0.2, 0.25) is 0 Å². The molecule has 0 spiro atoms. The summed E-state index contributed by atoms with van der Waals surface area (Å²) in [5.74, 6) is -2.64. The van der Waals surface area contributed by atoms with Crippen molar-refractivity contribution in [2.45, 2.75) is 18.6 Å². The highest BCUT2D eigenvalue weighted by Crippen LogP contribution is 2.26. The monoisotopic (exact) mass is 240 g/mol. The molecule has 0 aliphatic carbocycles. The van der Waals surface area contributed by atoms with Crippen LogP contribution in [-0.4, -0.2) is 12.2 Å². The number of anilines is 1. The Morgan fingerprint density at radius 1 is 1.19 bits per heavy atom. The maximum atomic E-state index is 13.1. The smallest absolute Gasteiger partial charge is 0.398 e. The van der Waals surface area contributed by atoms with Crippen molar-refractivity contribution in [2.24, 2.45) is 5.73 Å². The van der Waals surface area contributed by atoms with Gasteiger partial charge in [0.25, 0.3) is 0 Å². The predicted octanol–water partition coefficient (Wildman–Crippen LogP) is 1.98. The Bertz CT molecular complexity index is 388. The predicted molar refractivity (Wildman–Crippen MR) is 48.5 cm³/mol. The first-order valence-electron chi connectivity index (χ1n) is 4.28. The highest BCUT2D eigenvalue weighted by atomic mass is 19.4. The minimum atomic E-state index is -4.68. The highest BCUT2D eigenvalue weighted by Gasteiger charge is 2.37. The van der Waals surface area contributed by atoms with Crippen LogP contribution in [-0.2, 0) is 6.42 Å². The van der Waals surface area contributed by atoms with Crippen molar-refractivity contribution < 1.29 is 22.0 Å². The van der Waals surface area contributed by atoms with Crippen molar-refractivity contribution in [1.29, 1.82) is 0 Å². The van der Waals surface area contributed by atoms with E-state index in [1.54, 1.807) is 0 Å². The lowest BCUT2D eigenvalue weighted by atomic mass is 10.0. The van der Waals surface area contributed by atoms with Gasteiger partial charge >= 0.3 is 6.18 Å². The van der Waals surface area contributed by atoms with Crippen LogP contribution in [0.4, 0.5) is 27.6 Å². The second-order valence-corrected chi connectivity index (χ2v) is 3.28. The molecule has 0 amide bonds. The fourth-order valence-corrected chi connectivity index (χ4v) is 1.15. The van der Waals surface area contributed by atoms with Gasteiger partial charge in [-0.05, 0) is 12.1 Å². The molecule has 0 aliphatic rings. The maximum Gasteiger partial charge on any atom is 0.403 e. The highest BCUT2D eigenvalue weighted by molar-refractivity contribution is 5.48. The van der Waals surface area contributed by atoms with Gasteiger partial charge in [0, 0.05) is 17.7 Å². The molecule has 0 heterocycles. The zero-order valence-corrected chi connectivity index (χ0v) is 7.98. The third-order valence-electron chi connectivity index (χ3n) is 2.08. The summed E-state index contributed by atoms with van der Waals surface area (Å²) in [6, 6.07) is -0.532. The molecule has 0 saturated heterocycles. The molecule has 1 aromatic carbocycles. The van der Waals surface area contributed by atoms with Gasteiger partial charge in [0.1, 0.15) is 6.04 Å². The van der Waals surface area contributed by atoms with Crippen molar-refractivity contribution in [1.82, 2.24) is 0 Å². The van der Waals surface area contributed by atoms with E-state index in [2.05, 4.69) is 0 Å². The van der Waals surface area contributed by atoms with Gasteiger partial charge in [0.2, 0.25) is 0 Å². The lowest BCUT2D eigenvalue weighted by Gasteiger charge is -2.17. The molecule has 1 aromatic rings. The number of benzene rings is 1. The Morgan fingerprint density at radius 2 is 1.75 bits per heavy atom. The minimum absolute atomic E-state index is 0.251. The Labute approximate surface area is 88.0 Å². The van der Waals surface area contributed by atoms with Gasteiger partial charge in [0.05, 0.1) is 0 Å². The van der Waals surface area contributed by atoms with Gasteiger partial charge in [-0.15, -0.1) is 0 Å². The van der Waals surface area contributed by atoms with Gasteiger partial charge < -0.3 is 11.5 Å². The van der Waals surface area contributed by atoms with Gasteiger partial charge in [-0.3, -0.25) is 0 Å². The van der Waals surface area contributed by atoms with E-state index in [0.29, 0.717) is 0 Å². The quantitative estimate of drug-likeness (QED) is 0.613. The molecule has 16 heavy (non-hydrogen) atoms. The Morgan fingerprint density at radius 3 is 2.25 bits per heavy atom. The van der Waals surface area contributed by atoms with Gasteiger partial charge in [0.15, 0.2) is 11.6 Å². The van der Waals surface area contributed by atoms with E-state index in [9.17, 15) is 22.0 Å².